The average Bonchev–Trinajstić information content (AvgIpc) is 2.66. The lowest BCUT2D eigenvalue weighted by atomic mass is 9.98. The van der Waals surface area contributed by atoms with Crippen molar-refractivity contribution in [2.75, 3.05) is 19.6 Å². The second-order valence-electron chi connectivity index (χ2n) is 6.28. The van der Waals surface area contributed by atoms with Gasteiger partial charge in [0.15, 0.2) is 0 Å². The molecule has 4 nitrogen and oxygen atoms in total. The third kappa shape index (κ3) is 3.88. The molecule has 1 fully saturated rings. The summed E-state index contributed by atoms with van der Waals surface area (Å²) < 4.78 is 3.37. The van der Waals surface area contributed by atoms with Gasteiger partial charge in [0.2, 0.25) is 0 Å². The van der Waals surface area contributed by atoms with Gasteiger partial charge in [-0.25, -0.2) is 0 Å². The summed E-state index contributed by atoms with van der Waals surface area (Å²) in [5.41, 5.74) is 2.74. The van der Waals surface area contributed by atoms with Crippen LogP contribution in [0.15, 0.2) is 4.47 Å². The normalized spacial score (nSPS) is 24.2. The predicted molar refractivity (Wildman–Crippen MR) is 91.6 cm³/mol. The van der Waals surface area contributed by atoms with E-state index in [2.05, 4.69) is 58.5 Å². The highest BCUT2D eigenvalue weighted by molar-refractivity contribution is 9.10. The van der Waals surface area contributed by atoms with Crippen LogP contribution in [0.2, 0.25) is 0 Å². The molecular weight excluding hydrogens is 328 g/mol. The topological polar surface area (TPSA) is 33.1 Å². The van der Waals surface area contributed by atoms with Gasteiger partial charge in [-0.2, -0.15) is 5.10 Å². The van der Waals surface area contributed by atoms with E-state index in [0.29, 0.717) is 0 Å². The van der Waals surface area contributed by atoms with Gasteiger partial charge in [-0.05, 0) is 62.1 Å². The molecule has 1 aliphatic rings. The van der Waals surface area contributed by atoms with Crippen LogP contribution in [0.3, 0.4) is 0 Å². The Morgan fingerprint density at radius 2 is 2.10 bits per heavy atom. The Balaban J connectivity index is 2.18. The van der Waals surface area contributed by atoms with E-state index < -0.39 is 0 Å². The van der Waals surface area contributed by atoms with Crippen LogP contribution in [-0.4, -0.2) is 39.9 Å². The van der Waals surface area contributed by atoms with Gasteiger partial charge in [-0.1, -0.05) is 13.8 Å². The fourth-order valence-corrected chi connectivity index (χ4v) is 3.76. The Morgan fingerprint density at radius 1 is 1.33 bits per heavy atom. The van der Waals surface area contributed by atoms with Crippen LogP contribution in [0.1, 0.15) is 51.9 Å². The Hall–Kier alpha value is -0.390. The van der Waals surface area contributed by atoms with Crippen molar-refractivity contribution in [3.63, 3.8) is 0 Å². The second kappa shape index (κ2) is 7.25. The highest BCUT2D eigenvalue weighted by Gasteiger charge is 2.28. The quantitative estimate of drug-likeness (QED) is 0.879. The van der Waals surface area contributed by atoms with E-state index in [9.17, 15) is 0 Å². The molecule has 0 bridgehead atoms. The van der Waals surface area contributed by atoms with Gasteiger partial charge in [-0.3, -0.25) is 9.58 Å². The highest BCUT2D eigenvalue weighted by Crippen LogP contribution is 2.25. The van der Waals surface area contributed by atoms with Crippen molar-refractivity contribution in [1.82, 2.24) is 20.0 Å². The van der Waals surface area contributed by atoms with Crippen LogP contribution in [-0.2, 0) is 19.5 Å². The van der Waals surface area contributed by atoms with Crippen LogP contribution < -0.4 is 5.32 Å². The molecule has 1 saturated heterocycles. The zero-order valence-electron chi connectivity index (χ0n) is 13.9. The summed E-state index contributed by atoms with van der Waals surface area (Å²) in [7, 11) is 0. The van der Waals surface area contributed by atoms with Crippen molar-refractivity contribution in [3.05, 3.63) is 15.9 Å². The van der Waals surface area contributed by atoms with E-state index in [4.69, 9.17) is 5.10 Å². The number of nitrogens with one attached hydrogen (secondary N) is 1. The van der Waals surface area contributed by atoms with E-state index in [0.717, 1.165) is 45.6 Å². The predicted octanol–water partition coefficient (Wildman–Crippen LogP) is 3.19. The summed E-state index contributed by atoms with van der Waals surface area (Å²) in [5.74, 6) is 0. The molecule has 1 unspecified atom stereocenters. The van der Waals surface area contributed by atoms with Crippen molar-refractivity contribution in [3.8, 4) is 0 Å². The zero-order valence-corrected chi connectivity index (χ0v) is 15.5. The van der Waals surface area contributed by atoms with Gasteiger partial charge in [0.25, 0.3) is 0 Å². The van der Waals surface area contributed by atoms with Crippen molar-refractivity contribution in [1.29, 1.82) is 0 Å². The number of hydrogen-bond donors (Lipinski definition) is 1. The fourth-order valence-electron chi connectivity index (χ4n) is 3.07. The Bertz CT molecular complexity index is 471. The first-order valence-electron chi connectivity index (χ1n) is 8.24. The number of hydrogen-bond acceptors (Lipinski definition) is 3. The highest BCUT2D eigenvalue weighted by atomic mass is 79.9. The Kier molecular flexibility index (Phi) is 5.86. The molecule has 0 aromatic carbocycles. The molecule has 1 atom stereocenters. The third-order valence-corrected chi connectivity index (χ3v) is 5.54. The first-order chi connectivity index (χ1) is 10.0. The maximum absolute atomic E-state index is 4.72. The second-order valence-corrected chi connectivity index (χ2v) is 7.07. The summed E-state index contributed by atoms with van der Waals surface area (Å²) >= 11 is 3.77. The third-order valence-electron chi connectivity index (χ3n) is 4.62. The van der Waals surface area contributed by atoms with Crippen molar-refractivity contribution < 1.29 is 0 Å². The molecule has 0 aliphatic carbocycles. The minimum Gasteiger partial charge on any atom is -0.310 e. The fraction of sp³-hybridized carbons (Fsp3) is 0.812. The summed E-state index contributed by atoms with van der Waals surface area (Å²) in [4.78, 5) is 2.58. The van der Waals surface area contributed by atoms with E-state index in [-0.39, 0.29) is 5.54 Å². The molecule has 120 valence electrons. The molecule has 2 heterocycles. The standard InChI is InChI=1S/C16H29BrN4/c1-5-13-15(17)14(21(7-3)19-13)11-20-10-8-9-18-16(4,6-2)12-20/h18H,5-12H2,1-4H3. The van der Waals surface area contributed by atoms with Crippen LogP contribution in [0.4, 0.5) is 0 Å². The maximum Gasteiger partial charge on any atom is 0.0767 e. The van der Waals surface area contributed by atoms with Gasteiger partial charge in [0.1, 0.15) is 0 Å². The first kappa shape index (κ1) is 17.0. The van der Waals surface area contributed by atoms with Crippen LogP contribution in [0.25, 0.3) is 0 Å². The molecule has 0 amide bonds. The monoisotopic (exact) mass is 356 g/mol. The molecule has 0 spiro atoms. The van der Waals surface area contributed by atoms with Crippen LogP contribution >= 0.6 is 15.9 Å². The summed E-state index contributed by atoms with van der Waals surface area (Å²) in [6, 6.07) is 0. The van der Waals surface area contributed by atoms with E-state index >= 15 is 0 Å². The smallest absolute Gasteiger partial charge is 0.0767 e. The zero-order chi connectivity index (χ0) is 15.5. The molecule has 5 heteroatoms. The summed E-state index contributed by atoms with van der Waals surface area (Å²) in [5, 5.41) is 8.43. The molecule has 1 aliphatic heterocycles. The van der Waals surface area contributed by atoms with Gasteiger partial charge >= 0.3 is 0 Å². The van der Waals surface area contributed by atoms with E-state index in [1.54, 1.807) is 0 Å². The van der Waals surface area contributed by atoms with Crippen LogP contribution in [0, 0.1) is 0 Å². The van der Waals surface area contributed by atoms with E-state index in [1.807, 2.05) is 0 Å². The SMILES string of the molecule is CCc1nn(CC)c(CN2CCCNC(C)(CC)C2)c1Br. The molecule has 21 heavy (non-hydrogen) atoms. The van der Waals surface area contributed by atoms with Crippen molar-refractivity contribution in [2.45, 2.75) is 65.6 Å². The molecule has 2 rings (SSSR count). The molecule has 0 radical (unpaired) electrons. The molecule has 0 saturated carbocycles. The molecule has 1 N–H and O–H groups in total. The summed E-state index contributed by atoms with van der Waals surface area (Å²) in [6.45, 7) is 14.3. The minimum atomic E-state index is 0.230. The lowest BCUT2D eigenvalue weighted by Gasteiger charge is -2.32. The largest absolute Gasteiger partial charge is 0.310 e. The van der Waals surface area contributed by atoms with Crippen molar-refractivity contribution >= 4 is 15.9 Å². The van der Waals surface area contributed by atoms with Gasteiger partial charge in [-0.15, -0.1) is 0 Å². The van der Waals surface area contributed by atoms with Gasteiger partial charge < -0.3 is 5.32 Å². The van der Waals surface area contributed by atoms with Crippen LogP contribution in [0.5, 0.6) is 0 Å². The molecular formula is C16H29BrN4. The minimum absolute atomic E-state index is 0.230. The van der Waals surface area contributed by atoms with Gasteiger partial charge in [0.05, 0.1) is 15.9 Å². The molecule has 1 aromatic rings. The Morgan fingerprint density at radius 3 is 2.71 bits per heavy atom. The number of aryl methyl sites for hydroxylation is 2. The lowest BCUT2D eigenvalue weighted by molar-refractivity contribution is 0.203. The number of nitrogens with zero attached hydrogens (tertiary/aromatic N) is 3. The summed E-state index contributed by atoms with van der Waals surface area (Å²) in [6.07, 6.45) is 3.36. The first-order valence-corrected chi connectivity index (χ1v) is 9.03. The van der Waals surface area contributed by atoms with Gasteiger partial charge in [0, 0.05) is 25.2 Å². The maximum atomic E-state index is 4.72. The number of aromatic nitrogens is 2. The number of halogens is 1. The number of rotatable bonds is 5. The van der Waals surface area contributed by atoms with E-state index in [1.165, 1.54) is 22.3 Å². The molecule has 1 aromatic heterocycles. The lowest BCUT2D eigenvalue weighted by Crippen LogP contribution is -2.48. The van der Waals surface area contributed by atoms with Crippen molar-refractivity contribution in [2.24, 2.45) is 0 Å². The Labute approximate surface area is 137 Å². The average molecular weight is 357 g/mol.